The summed E-state index contributed by atoms with van der Waals surface area (Å²) >= 11 is 0. The molecule has 18 heavy (non-hydrogen) atoms. The maximum atomic E-state index is 5.76. The molecule has 0 heterocycles. The molecular weight excluding hydrogens is 226 g/mol. The lowest BCUT2D eigenvalue weighted by Gasteiger charge is -2.29. The molecular formula is C15H31NO2. The van der Waals surface area contributed by atoms with E-state index >= 15 is 0 Å². The maximum absolute atomic E-state index is 5.76. The predicted molar refractivity (Wildman–Crippen MR) is 75.9 cm³/mol. The highest BCUT2D eigenvalue weighted by atomic mass is 16.5. The molecule has 0 radical (unpaired) electrons. The van der Waals surface area contributed by atoms with Crippen LogP contribution in [0.25, 0.3) is 0 Å². The maximum Gasteiger partial charge on any atom is 0.0587 e. The van der Waals surface area contributed by atoms with E-state index in [1.54, 1.807) is 7.11 Å². The van der Waals surface area contributed by atoms with Crippen LogP contribution in [0.2, 0.25) is 0 Å². The number of methoxy groups -OCH3 is 1. The smallest absolute Gasteiger partial charge is 0.0587 e. The van der Waals surface area contributed by atoms with Crippen molar-refractivity contribution in [2.24, 2.45) is 11.3 Å². The van der Waals surface area contributed by atoms with E-state index in [9.17, 15) is 0 Å². The highest BCUT2D eigenvalue weighted by Crippen LogP contribution is 2.40. The van der Waals surface area contributed by atoms with E-state index in [0.29, 0.717) is 11.3 Å². The van der Waals surface area contributed by atoms with Crippen molar-refractivity contribution >= 4 is 0 Å². The van der Waals surface area contributed by atoms with Gasteiger partial charge in [0.1, 0.15) is 0 Å². The van der Waals surface area contributed by atoms with E-state index in [-0.39, 0.29) is 0 Å². The van der Waals surface area contributed by atoms with E-state index in [2.05, 4.69) is 19.2 Å². The monoisotopic (exact) mass is 257 g/mol. The topological polar surface area (TPSA) is 30.5 Å². The molecule has 0 aromatic rings. The molecule has 1 saturated carbocycles. The molecule has 0 saturated heterocycles. The second-order valence-electron chi connectivity index (χ2n) is 6.10. The Labute approximate surface area is 113 Å². The zero-order valence-corrected chi connectivity index (χ0v) is 12.5. The molecule has 1 rings (SSSR count). The van der Waals surface area contributed by atoms with Crippen LogP contribution in [0, 0.1) is 11.3 Å². The van der Waals surface area contributed by atoms with Crippen LogP contribution in [0.3, 0.4) is 0 Å². The van der Waals surface area contributed by atoms with Gasteiger partial charge in [0.25, 0.3) is 0 Å². The lowest BCUT2D eigenvalue weighted by Crippen LogP contribution is -2.35. The molecule has 1 fully saturated rings. The van der Waals surface area contributed by atoms with Crippen LogP contribution in [0.4, 0.5) is 0 Å². The number of hydrogen-bond acceptors (Lipinski definition) is 3. The number of rotatable bonds is 10. The van der Waals surface area contributed by atoms with Crippen LogP contribution in [0.5, 0.6) is 0 Å². The Morgan fingerprint density at radius 3 is 2.50 bits per heavy atom. The number of ether oxygens (including phenoxy) is 2. The van der Waals surface area contributed by atoms with E-state index in [4.69, 9.17) is 9.47 Å². The minimum Gasteiger partial charge on any atom is -0.383 e. The Bertz CT molecular complexity index is 201. The van der Waals surface area contributed by atoms with E-state index in [1.807, 2.05) is 0 Å². The van der Waals surface area contributed by atoms with Crippen LogP contribution >= 0.6 is 0 Å². The second-order valence-corrected chi connectivity index (χ2v) is 6.10. The molecule has 0 spiro atoms. The van der Waals surface area contributed by atoms with Gasteiger partial charge >= 0.3 is 0 Å². The summed E-state index contributed by atoms with van der Waals surface area (Å²) in [6.45, 7) is 9.12. The van der Waals surface area contributed by atoms with Gasteiger partial charge < -0.3 is 14.8 Å². The van der Waals surface area contributed by atoms with Gasteiger partial charge in [-0.2, -0.15) is 0 Å². The van der Waals surface area contributed by atoms with Crippen LogP contribution in [-0.2, 0) is 9.47 Å². The lowest BCUT2D eigenvalue weighted by molar-refractivity contribution is 0.0761. The fraction of sp³-hybridized carbons (Fsp3) is 1.00. The summed E-state index contributed by atoms with van der Waals surface area (Å²) in [5.74, 6) is 0.643. The van der Waals surface area contributed by atoms with Crippen molar-refractivity contribution in [3.63, 3.8) is 0 Å². The highest BCUT2D eigenvalue weighted by molar-refractivity contribution is 4.86. The summed E-state index contributed by atoms with van der Waals surface area (Å²) in [4.78, 5) is 0. The third-order valence-electron chi connectivity index (χ3n) is 3.88. The van der Waals surface area contributed by atoms with Crippen LogP contribution in [-0.4, -0.2) is 40.0 Å². The van der Waals surface area contributed by atoms with Crippen LogP contribution in [0.1, 0.15) is 46.0 Å². The molecule has 1 aliphatic rings. The SMILES string of the molecule is COCCNCC1(CCOCC(C)C)CCCC1. The fourth-order valence-corrected chi connectivity index (χ4v) is 2.78. The molecule has 0 amide bonds. The van der Waals surface area contributed by atoms with Gasteiger partial charge in [-0.05, 0) is 30.6 Å². The van der Waals surface area contributed by atoms with Gasteiger partial charge in [0.2, 0.25) is 0 Å². The van der Waals surface area contributed by atoms with Gasteiger partial charge in [0.05, 0.1) is 6.61 Å². The fourth-order valence-electron chi connectivity index (χ4n) is 2.78. The first-order valence-corrected chi connectivity index (χ1v) is 7.46. The average Bonchev–Trinajstić information content (AvgIpc) is 2.80. The standard InChI is InChI=1S/C15H31NO2/c1-14(2)12-18-10-8-15(6-4-5-7-15)13-16-9-11-17-3/h14,16H,4-13H2,1-3H3. The Morgan fingerprint density at radius 2 is 1.89 bits per heavy atom. The van der Waals surface area contributed by atoms with Crippen molar-refractivity contribution in [3.05, 3.63) is 0 Å². The van der Waals surface area contributed by atoms with Gasteiger partial charge in [-0.15, -0.1) is 0 Å². The summed E-state index contributed by atoms with van der Waals surface area (Å²) < 4.78 is 10.8. The van der Waals surface area contributed by atoms with E-state index < -0.39 is 0 Å². The van der Waals surface area contributed by atoms with Crippen molar-refractivity contribution in [2.75, 3.05) is 40.0 Å². The first kappa shape index (κ1) is 15.9. The Morgan fingerprint density at radius 1 is 1.17 bits per heavy atom. The lowest BCUT2D eigenvalue weighted by atomic mass is 9.83. The van der Waals surface area contributed by atoms with Crippen molar-refractivity contribution < 1.29 is 9.47 Å². The zero-order valence-electron chi connectivity index (χ0n) is 12.5. The molecule has 0 aliphatic heterocycles. The molecule has 0 atom stereocenters. The van der Waals surface area contributed by atoms with Crippen molar-refractivity contribution in [2.45, 2.75) is 46.0 Å². The molecule has 0 aromatic heterocycles. The summed E-state index contributed by atoms with van der Waals surface area (Å²) in [5, 5.41) is 3.54. The Hall–Kier alpha value is -0.120. The third kappa shape index (κ3) is 6.17. The normalized spacial score (nSPS) is 18.7. The minimum atomic E-state index is 0.491. The van der Waals surface area contributed by atoms with Gasteiger partial charge in [0, 0.05) is 33.4 Å². The Balaban J connectivity index is 2.20. The third-order valence-corrected chi connectivity index (χ3v) is 3.88. The highest BCUT2D eigenvalue weighted by Gasteiger charge is 2.32. The largest absolute Gasteiger partial charge is 0.383 e. The number of nitrogens with one attached hydrogen (secondary N) is 1. The van der Waals surface area contributed by atoms with Gasteiger partial charge in [-0.25, -0.2) is 0 Å². The van der Waals surface area contributed by atoms with Crippen LogP contribution in [0.15, 0.2) is 0 Å². The molecule has 0 bridgehead atoms. The molecule has 3 nitrogen and oxygen atoms in total. The predicted octanol–water partition coefficient (Wildman–Crippen LogP) is 2.85. The molecule has 3 heteroatoms. The Kier molecular flexibility index (Phi) is 7.87. The first-order chi connectivity index (χ1) is 8.68. The molecule has 108 valence electrons. The van der Waals surface area contributed by atoms with E-state index in [1.165, 1.54) is 32.1 Å². The summed E-state index contributed by atoms with van der Waals surface area (Å²) in [7, 11) is 1.76. The van der Waals surface area contributed by atoms with Crippen LogP contribution < -0.4 is 5.32 Å². The summed E-state index contributed by atoms with van der Waals surface area (Å²) in [5.41, 5.74) is 0.491. The average molecular weight is 257 g/mol. The molecule has 0 aromatic carbocycles. The molecule has 1 aliphatic carbocycles. The van der Waals surface area contributed by atoms with Crippen molar-refractivity contribution in [1.82, 2.24) is 5.32 Å². The van der Waals surface area contributed by atoms with Crippen molar-refractivity contribution in [1.29, 1.82) is 0 Å². The number of hydrogen-bond donors (Lipinski definition) is 1. The van der Waals surface area contributed by atoms with E-state index in [0.717, 1.165) is 32.9 Å². The minimum absolute atomic E-state index is 0.491. The summed E-state index contributed by atoms with van der Waals surface area (Å²) in [6, 6.07) is 0. The van der Waals surface area contributed by atoms with Gasteiger partial charge in [-0.1, -0.05) is 26.7 Å². The zero-order chi connectivity index (χ0) is 13.3. The second kappa shape index (κ2) is 8.89. The van der Waals surface area contributed by atoms with Crippen molar-refractivity contribution in [3.8, 4) is 0 Å². The molecule has 1 N–H and O–H groups in total. The first-order valence-electron chi connectivity index (χ1n) is 7.46. The van der Waals surface area contributed by atoms with Gasteiger partial charge in [-0.3, -0.25) is 0 Å². The summed E-state index contributed by atoms with van der Waals surface area (Å²) in [6.07, 6.45) is 6.70. The molecule has 0 unspecified atom stereocenters. The quantitative estimate of drug-likeness (QED) is 0.610. The van der Waals surface area contributed by atoms with Gasteiger partial charge in [0.15, 0.2) is 0 Å².